The van der Waals surface area contributed by atoms with Crippen LogP contribution in [0, 0.1) is 0 Å². The Hall–Kier alpha value is -0.450. The van der Waals surface area contributed by atoms with Crippen molar-refractivity contribution in [1.82, 2.24) is 15.2 Å². The first kappa shape index (κ1) is 16.9. The van der Waals surface area contributed by atoms with Gasteiger partial charge in [0.05, 0.1) is 0 Å². The molecule has 1 saturated heterocycles. The molecule has 0 amide bonds. The van der Waals surface area contributed by atoms with Gasteiger partial charge in [0, 0.05) is 48.1 Å². The minimum atomic E-state index is 0.281. The maximum absolute atomic E-state index is 4.31. The highest BCUT2D eigenvalue weighted by Gasteiger charge is 2.36. The molecular weight excluding hydrogens is 326 g/mol. The second-order valence-electron chi connectivity index (χ2n) is 6.23. The van der Waals surface area contributed by atoms with Crippen molar-refractivity contribution < 1.29 is 0 Å². The van der Waals surface area contributed by atoms with Gasteiger partial charge < -0.3 is 5.32 Å². The molecule has 0 spiro atoms. The summed E-state index contributed by atoms with van der Waals surface area (Å²) in [6, 6.07) is 2.83. The fourth-order valence-electron chi connectivity index (χ4n) is 3.34. The summed E-state index contributed by atoms with van der Waals surface area (Å²) >= 11 is 3.53. The van der Waals surface area contributed by atoms with Gasteiger partial charge in [-0.15, -0.1) is 0 Å². The zero-order valence-electron chi connectivity index (χ0n) is 13.5. The van der Waals surface area contributed by atoms with E-state index in [0.29, 0.717) is 6.04 Å². The molecule has 3 nitrogen and oxygen atoms in total. The topological polar surface area (TPSA) is 28.2 Å². The van der Waals surface area contributed by atoms with E-state index in [1.54, 1.807) is 0 Å². The molecule has 118 valence electrons. The van der Waals surface area contributed by atoms with Crippen molar-refractivity contribution in [2.24, 2.45) is 0 Å². The number of pyridine rings is 1. The average Bonchev–Trinajstić information content (AvgIpc) is 2.49. The summed E-state index contributed by atoms with van der Waals surface area (Å²) in [5, 5.41) is 3.83. The number of rotatable bonds is 6. The Balaban J connectivity index is 2.13. The number of hydrogen-bond donors (Lipinski definition) is 1. The molecule has 0 aromatic carbocycles. The standard InChI is InChI=1S/C17H28BrN3/c1-4-7-16-11-20-17(5-2,6-3)13-21(16)12-14-8-15(18)10-19-9-14/h8-10,16,20H,4-7,11-13H2,1-3H3. The van der Waals surface area contributed by atoms with Crippen molar-refractivity contribution >= 4 is 15.9 Å². The number of nitrogens with one attached hydrogen (secondary N) is 1. The van der Waals surface area contributed by atoms with E-state index in [0.717, 1.165) is 24.1 Å². The predicted octanol–water partition coefficient (Wildman–Crippen LogP) is 3.98. The maximum Gasteiger partial charge on any atom is 0.0410 e. The minimum absolute atomic E-state index is 0.281. The Labute approximate surface area is 137 Å². The van der Waals surface area contributed by atoms with Gasteiger partial charge in [-0.1, -0.05) is 27.2 Å². The van der Waals surface area contributed by atoms with Crippen LogP contribution in [0.4, 0.5) is 0 Å². The van der Waals surface area contributed by atoms with E-state index in [-0.39, 0.29) is 5.54 Å². The zero-order chi connectivity index (χ0) is 15.3. The lowest BCUT2D eigenvalue weighted by Gasteiger charge is -2.47. The smallest absolute Gasteiger partial charge is 0.0410 e. The molecule has 1 fully saturated rings. The van der Waals surface area contributed by atoms with Crippen LogP contribution in [0.1, 0.15) is 52.0 Å². The second kappa shape index (κ2) is 7.70. The van der Waals surface area contributed by atoms with Gasteiger partial charge in [-0.3, -0.25) is 9.88 Å². The molecule has 2 heterocycles. The van der Waals surface area contributed by atoms with Gasteiger partial charge in [0.25, 0.3) is 0 Å². The first-order chi connectivity index (χ1) is 10.1. The maximum atomic E-state index is 4.31. The molecule has 1 unspecified atom stereocenters. The van der Waals surface area contributed by atoms with Crippen molar-refractivity contribution in [2.75, 3.05) is 13.1 Å². The molecular formula is C17H28BrN3. The van der Waals surface area contributed by atoms with Crippen molar-refractivity contribution in [1.29, 1.82) is 0 Å². The summed E-state index contributed by atoms with van der Waals surface area (Å²) in [7, 11) is 0. The summed E-state index contributed by atoms with van der Waals surface area (Å²) < 4.78 is 1.07. The number of piperazine rings is 1. The van der Waals surface area contributed by atoms with Gasteiger partial charge in [-0.05, 0) is 46.8 Å². The van der Waals surface area contributed by atoms with E-state index >= 15 is 0 Å². The van der Waals surface area contributed by atoms with Gasteiger partial charge in [0.15, 0.2) is 0 Å². The Morgan fingerprint density at radius 1 is 1.33 bits per heavy atom. The van der Waals surface area contributed by atoms with Crippen LogP contribution in [-0.2, 0) is 6.54 Å². The average molecular weight is 354 g/mol. The number of halogens is 1. The molecule has 1 aromatic rings. The van der Waals surface area contributed by atoms with Gasteiger partial charge in [-0.25, -0.2) is 0 Å². The third kappa shape index (κ3) is 4.27. The summed E-state index contributed by atoms with van der Waals surface area (Å²) in [4.78, 5) is 6.97. The van der Waals surface area contributed by atoms with Crippen LogP contribution < -0.4 is 5.32 Å². The van der Waals surface area contributed by atoms with Gasteiger partial charge in [0.1, 0.15) is 0 Å². The molecule has 0 aliphatic carbocycles. The fraction of sp³-hybridized carbons (Fsp3) is 0.706. The van der Waals surface area contributed by atoms with Gasteiger partial charge >= 0.3 is 0 Å². The molecule has 21 heavy (non-hydrogen) atoms. The highest BCUT2D eigenvalue weighted by Crippen LogP contribution is 2.26. The molecule has 1 aliphatic heterocycles. The highest BCUT2D eigenvalue weighted by molar-refractivity contribution is 9.10. The zero-order valence-corrected chi connectivity index (χ0v) is 15.1. The summed E-state index contributed by atoms with van der Waals surface area (Å²) in [6.07, 6.45) is 8.73. The lowest BCUT2D eigenvalue weighted by molar-refractivity contribution is 0.0616. The van der Waals surface area contributed by atoms with E-state index < -0.39 is 0 Å². The van der Waals surface area contributed by atoms with Crippen LogP contribution >= 0.6 is 15.9 Å². The molecule has 2 rings (SSSR count). The molecule has 0 radical (unpaired) electrons. The van der Waals surface area contributed by atoms with Crippen LogP contribution in [0.2, 0.25) is 0 Å². The lowest BCUT2D eigenvalue weighted by atomic mass is 9.87. The largest absolute Gasteiger partial charge is 0.308 e. The first-order valence-electron chi connectivity index (χ1n) is 8.21. The molecule has 0 bridgehead atoms. The summed E-state index contributed by atoms with van der Waals surface area (Å²) in [5.74, 6) is 0. The Bertz CT molecular complexity index is 445. The molecule has 1 aromatic heterocycles. The second-order valence-corrected chi connectivity index (χ2v) is 7.14. The number of nitrogens with zero attached hydrogens (tertiary/aromatic N) is 2. The molecule has 0 saturated carbocycles. The molecule has 1 aliphatic rings. The van der Waals surface area contributed by atoms with E-state index in [2.05, 4.69) is 58.0 Å². The van der Waals surface area contributed by atoms with Crippen molar-refractivity contribution in [2.45, 2.75) is 64.6 Å². The quantitative estimate of drug-likeness (QED) is 0.838. The third-order valence-electron chi connectivity index (χ3n) is 4.86. The monoisotopic (exact) mass is 353 g/mol. The van der Waals surface area contributed by atoms with Crippen LogP contribution in [0.3, 0.4) is 0 Å². The van der Waals surface area contributed by atoms with E-state index in [4.69, 9.17) is 0 Å². The molecule has 4 heteroatoms. The minimum Gasteiger partial charge on any atom is -0.308 e. The van der Waals surface area contributed by atoms with Crippen molar-refractivity contribution in [3.05, 3.63) is 28.5 Å². The normalized spacial score (nSPS) is 22.4. The van der Waals surface area contributed by atoms with Crippen LogP contribution in [0.15, 0.2) is 22.9 Å². The van der Waals surface area contributed by atoms with Crippen LogP contribution in [-0.4, -0.2) is 34.6 Å². The summed E-state index contributed by atoms with van der Waals surface area (Å²) in [5.41, 5.74) is 1.58. The van der Waals surface area contributed by atoms with Crippen LogP contribution in [0.5, 0.6) is 0 Å². The third-order valence-corrected chi connectivity index (χ3v) is 5.29. The van der Waals surface area contributed by atoms with Gasteiger partial charge in [0.2, 0.25) is 0 Å². The SMILES string of the molecule is CCCC1CNC(CC)(CC)CN1Cc1cncc(Br)c1. The van der Waals surface area contributed by atoms with Gasteiger partial charge in [-0.2, -0.15) is 0 Å². The highest BCUT2D eigenvalue weighted by atomic mass is 79.9. The van der Waals surface area contributed by atoms with E-state index in [1.165, 1.54) is 31.2 Å². The van der Waals surface area contributed by atoms with Crippen LogP contribution in [0.25, 0.3) is 0 Å². The number of hydrogen-bond acceptors (Lipinski definition) is 3. The van der Waals surface area contributed by atoms with Crippen molar-refractivity contribution in [3.63, 3.8) is 0 Å². The van der Waals surface area contributed by atoms with E-state index in [1.807, 2.05) is 12.4 Å². The fourth-order valence-corrected chi connectivity index (χ4v) is 3.75. The van der Waals surface area contributed by atoms with Crippen molar-refractivity contribution in [3.8, 4) is 0 Å². The lowest BCUT2D eigenvalue weighted by Crippen LogP contribution is -2.63. The first-order valence-corrected chi connectivity index (χ1v) is 9.00. The Kier molecular flexibility index (Phi) is 6.20. The molecule has 1 N–H and O–H groups in total. The summed E-state index contributed by atoms with van der Waals surface area (Å²) in [6.45, 7) is 10.1. The predicted molar refractivity (Wildman–Crippen MR) is 92.4 cm³/mol. The Morgan fingerprint density at radius 3 is 2.71 bits per heavy atom. The molecule has 1 atom stereocenters. The van der Waals surface area contributed by atoms with E-state index in [9.17, 15) is 0 Å². The Morgan fingerprint density at radius 2 is 2.10 bits per heavy atom. The number of aromatic nitrogens is 1.